The molecular weight excluding hydrogens is 256 g/mol. The zero-order chi connectivity index (χ0) is 15.7. The van der Waals surface area contributed by atoms with Gasteiger partial charge in [-0.25, -0.2) is 0 Å². The fraction of sp³-hybridized carbons (Fsp3) is 0.600. The highest BCUT2D eigenvalue weighted by Crippen LogP contribution is 2.39. The molecule has 1 heterocycles. The topological polar surface area (TPSA) is 60.5 Å². The molecule has 111 valence electrons. The Balaban J connectivity index is 3.15. The van der Waals surface area contributed by atoms with E-state index in [0.29, 0.717) is 12.8 Å². The normalized spacial score (nSPS) is 22.1. The lowest BCUT2D eigenvalue weighted by molar-refractivity contribution is -0.293. The second kappa shape index (κ2) is 5.50. The van der Waals surface area contributed by atoms with Crippen LogP contribution in [-0.2, 0) is 14.8 Å². The van der Waals surface area contributed by atoms with Crippen LogP contribution in [0, 0.1) is 0 Å². The summed E-state index contributed by atoms with van der Waals surface area (Å²) in [6.07, 6.45) is 3.09. The highest BCUT2D eigenvalue weighted by atomic mass is 16.5. The van der Waals surface area contributed by atoms with Crippen LogP contribution in [0.5, 0.6) is 0 Å². The molecule has 1 fully saturated rings. The van der Waals surface area contributed by atoms with Crippen LogP contribution in [0.25, 0.3) is 0 Å². The number of carbonyl (C=O) groups is 2. The van der Waals surface area contributed by atoms with Crippen LogP contribution in [0.15, 0.2) is 25.3 Å². The Bertz CT molecular complexity index is 402. The summed E-state index contributed by atoms with van der Waals surface area (Å²) in [6, 6.07) is -0.332. The highest BCUT2D eigenvalue weighted by Gasteiger charge is 2.49. The molecule has 0 aromatic carbocycles. The van der Waals surface area contributed by atoms with Crippen molar-refractivity contribution >= 4 is 11.8 Å². The SMILES string of the molecule is C=CC(=O)N(C(=O)C=C)C1CC(C)(C)N([O])C(C)(C)C1. The summed E-state index contributed by atoms with van der Waals surface area (Å²) < 4.78 is 0. The van der Waals surface area contributed by atoms with Gasteiger partial charge in [-0.05, 0) is 52.7 Å². The van der Waals surface area contributed by atoms with E-state index in [2.05, 4.69) is 13.2 Å². The van der Waals surface area contributed by atoms with Gasteiger partial charge in [0.25, 0.3) is 11.8 Å². The molecule has 0 aromatic heterocycles. The monoisotopic (exact) mass is 279 g/mol. The van der Waals surface area contributed by atoms with Gasteiger partial charge in [-0.2, -0.15) is 0 Å². The molecule has 1 saturated heterocycles. The average Bonchev–Trinajstić information content (AvgIpc) is 2.34. The van der Waals surface area contributed by atoms with Crippen molar-refractivity contribution < 1.29 is 14.8 Å². The molecule has 5 nitrogen and oxygen atoms in total. The lowest BCUT2D eigenvalue weighted by Crippen LogP contribution is -2.63. The van der Waals surface area contributed by atoms with Crippen molar-refractivity contribution in [2.45, 2.75) is 57.7 Å². The summed E-state index contributed by atoms with van der Waals surface area (Å²) in [5.41, 5.74) is -1.29. The molecular formula is C15H23N2O3. The lowest BCUT2D eigenvalue weighted by Gasteiger charge is -2.51. The van der Waals surface area contributed by atoms with Crippen LogP contribution in [0.2, 0.25) is 0 Å². The minimum Gasteiger partial charge on any atom is -0.272 e. The molecule has 0 spiro atoms. The average molecular weight is 279 g/mol. The van der Waals surface area contributed by atoms with Gasteiger partial charge in [0.1, 0.15) is 0 Å². The second-order valence-electron chi connectivity index (χ2n) is 6.44. The molecule has 1 radical (unpaired) electrons. The maximum atomic E-state index is 12.3. The molecule has 20 heavy (non-hydrogen) atoms. The van der Waals surface area contributed by atoms with Crippen LogP contribution in [0.4, 0.5) is 0 Å². The van der Waals surface area contributed by atoms with E-state index in [9.17, 15) is 14.8 Å². The van der Waals surface area contributed by atoms with Crippen LogP contribution < -0.4 is 0 Å². The number of hydrogen-bond acceptors (Lipinski definition) is 3. The summed E-state index contributed by atoms with van der Waals surface area (Å²) in [5, 5.41) is 13.4. The Kier molecular flexibility index (Phi) is 4.56. The molecule has 0 bridgehead atoms. The van der Waals surface area contributed by atoms with Gasteiger partial charge in [0.15, 0.2) is 0 Å². The second-order valence-corrected chi connectivity index (χ2v) is 6.44. The number of amides is 2. The third kappa shape index (κ3) is 2.99. The fourth-order valence-electron chi connectivity index (χ4n) is 3.06. The minimum atomic E-state index is -0.645. The van der Waals surface area contributed by atoms with E-state index in [1.165, 1.54) is 0 Å². The maximum Gasteiger partial charge on any atom is 0.253 e. The Morgan fingerprint density at radius 2 is 1.40 bits per heavy atom. The van der Waals surface area contributed by atoms with Gasteiger partial charge >= 0.3 is 0 Å². The standard InChI is InChI=1S/C15H23N2O3/c1-7-12(18)16(13(19)8-2)11-9-14(3,4)17(20)15(5,6)10-11/h7-8,11H,1-2,9-10H2,3-6H3. The number of hydroxylamine groups is 2. The van der Waals surface area contributed by atoms with Crippen molar-refractivity contribution in [3.8, 4) is 0 Å². The van der Waals surface area contributed by atoms with Crippen LogP contribution in [0.3, 0.4) is 0 Å². The number of nitrogens with zero attached hydrogens (tertiary/aromatic N) is 2. The molecule has 2 amide bonds. The first-order chi connectivity index (χ1) is 9.06. The smallest absolute Gasteiger partial charge is 0.253 e. The van der Waals surface area contributed by atoms with Gasteiger partial charge in [0, 0.05) is 17.1 Å². The largest absolute Gasteiger partial charge is 0.272 e. The van der Waals surface area contributed by atoms with E-state index in [1.807, 2.05) is 27.7 Å². The Hall–Kier alpha value is -1.46. The Morgan fingerprint density at radius 3 is 1.70 bits per heavy atom. The number of rotatable bonds is 3. The molecule has 0 atom stereocenters. The van der Waals surface area contributed by atoms with Gasteiger partial charge < -0.3 is 0 Å². The zero-order valence-electron chi connectivity index (χ0n) is 12.7. The third-order valence-corrected chi connectivity index (χ3v) is 3.76. The number of piperidine rings is 1. The molecule has 0 saturated carbocycles. The van der Waals surface area contributed by atoms with E-state index in [-0.39, 0.29) is 6.04 Å². The van der Waals surface area contributed by atoms with Crippen LogP contribution >= 0.6 is 0 Å². The number of hydrogen-bond donors (Lipinski definition) is 0. The van der Waals surface area contributed by atoms with Gasteiger partial charge in [0.05, 0.1) is 0 Å². The van der Waals surface area contributed by atoms with E-state index in [4.69, 9.17) is 0 Å². The molecule has 0 unspecified atom stereocenters. The van der Waals surface area contributed by atoms with Crippen LogP contribution in [-0.4, -0.2) is 38.9 Å². The molecule has 1 rings (SSSR count). The molecule has 0 N–H and O–H groups in total. The maximum absolute atomic E-state index is 12.3. The first kappa shape index (κ1) is 16.6. The Labute approximate surface area is 120 Å². The molecule has 0 aromatic rings. The number of carbonyl (C=O) groups excluding carboxylic acids is 2. The van der Waals surface area contributed by atoms with Crippen molar-refractivity contribution in [3.05, 3.63) is 25.3 Å². The summed E-state index contributed by atoms with van der Waals surface area (Å²) in [5.74, 6) is -0.906. The number of imide groups is 1. The first-order valence-electron chi connectivity index (χ1n) is 6.66. The lowest BCUT2D eigenvalue weighted by atomic mass is 9.78. The predicted molar refractivity (Wildman–Crippen MR) is 76.0 cm³/mol. The van der Waals surface area contributed by atoms with Crippen molar-refractivity contribution in [2.75, 3.05) is 0 Å². The van der Waals surface area contributed by atoms with Gasteiger partial charge in [-0.15, -0.1) is 10.3 Å². The quantitative estimate of drug-likeness (QED) is 0.743. The van der Waals surface area contributed by atoms with Gasteiger partial charge in [0.2, 0.25) is 0 Å². The summed E-state index contributed by atoms with van der Waals surface area (Å²) in [7, 11) is 0. The minimum absolute atomic E-state index is 0.332. The molecule has 1 aliphatic heterocycles. The Morgan fingerprint density at radius 1 is 1.05 bits per heavy atom. The fourth-order valence-corrected chi connectivity index (χ4v) is 3.06. The van der Waals surface area contributed by atoms with E-state index in [0.717, 1.165) is 22.1 Å². The summed E-state index contributed by atoms with van der Waals surface area (Å²) in [6.45, 7) is 14.2. The highest BCUT2D eigenvalue weighted by molar-refractivity contribution is 6.05. The van der Waals surface area contributed by atoms with Crippen LogP contribution in [0.1, 0.15) is 40.5 Å². The van der Waals surface area contributed by atoms with E-state index < -0.39 is 22.9 Å². The van der Waals surface area contributed by atoms with Gasteiger partial charge in [-0.3, -0.25) is 14.5 Å². The third-order valence-electron chi connectivity index (χ3n) is 3.76. The summed E-state index contributed by atoms with van der Waals surface area (Å²) >= 11 is 0. The summed E-state index contributed by atoms with van der Waals surface area (Å²) in [4.78, 5) is 25.1. The van der Waals surface area contributed by atoms with Crippen molar-refractivity contribution in [1.82, 2.24) is 9.96 Å². The van der Waals surface area contributed by atoms with E-state index in [1.54, 1.807) is 0 Å². The predicted octanol–water partition coefficient (Wildman–Crippen LogP) is 2.08. The molecule has 5 heteroatoms. The van der Waals surface area contributed by atoms with Gasteiger partial charge in [-0.1, -0.05) is 13.2 Å². The molecule has 1 aliphatic rings. The zero-order valence-corrected chi connectivity index (χ0v) is 12.7. The van der Waals surface area contributed by atoms with Crippen molar-refractivity contribution in [1.29, 1.82) is 0 Å². The first-order valence-corrected chi connectivity index (χ1v) is 6.66. The van der Waals surface area contributed by atoms with Crippen molar-refractivity contribution in [2.24, 2.45) is 0 Å². The van der Waals surface area contributed by atoms with Crippen molar-refractivity contribution in [3.63, 3.8) is 0 Å². The molecule has 0 aliphatic carbocycles. The van der Waals surface area contributed by atoms with E-state index >= 15 is 0 Å².